The topological polar surface area (TPSA) is 66.0 Å². The van der Waals surface area contributed by atoms with Gasteiger partial charge in [0.1, 0.15) is 0 Å². The second-order valence-corrected chi connectivity index (χ2v) is 5.95. The Labute approximate surface area is 149 Å². The predicted octanol–water partition coefficient (Wildman–Crippen LogP) is 5.25. The van der Waals surface area contributed by atoms with Crippen LogP contribution < -0.4 is 0 Å². The van der Waals surface area contributed by atoms with E-state index in [0.29, 0.717) is 5.56 Å². The third kappa shape index (κ3) is 3.00. The maximum Gasteiger partial charge on any atom is 0.336 e. The molecule has 0 unspecified atom stereocenters. The van der Waals surface area contributed by atoms with Gasteiger partial charge in [-0.1, -0.05) is 48.5 Å². The number of fused-ring (bicyclic) bond motifs is 3. The fraction of sp³-hybridized carbons (Fsp3) is 0. The first-order valence-corrected chi connectivity index (χ1v) is 8.25. The van der Waals surface area contributed by atoms with Crippen molar-refractivity contribution in [1.29, 1.82) is 0 Å². The number of para-hydroxylation sites is 2. The van der Waals surface area contributed by atoms with E-state index >= 15 is 0 Å². The number of carboxylic acids is 1. The molecule has 126 valence electrons. The van der Waals surface area contributed by atoms with Crippen molar-refractivity contribution < 1.29 is 9.90 Å². The summed E-state index contributed by atoms with van der Waals surface area (Å²) in [6, 6.07) is 25.2. The highest BCUT2D eigenvalue weighted by Crippen LogP contribution is 2.25. The van der Waals surface area contributed by atoms with E-state index in [9.17, 15) is 4.79 Å². The zero-order valence-corrected chi connectivity index (χ0v) is 13.9. The van der Waals surface area contributed by atoms with Crippen LogP contribution in [0.3, 0.4) is 0 Å². The molecule has 0 aliphatic heterocycles. The van der Waals surface area contributed by atoms with Crippen molar-refractivity contribution in [2.75, 3.05) is 0 Å². The van der Waals surface area contributed by atoms with Crippen LogP contribution in [-0.4, -0.2) is 21.0 Å². The Morgan fingerprint density at radius 1 is 0.808 bits per heavy atom. The van der Waals surface area contributed by atoms with Crippen LogP contribution in [0.25, 0.3) is 32.6 Å². The summed E-state index contributed by atoms with van der Waals surface area (Å²) in [7, 11) is 0. The monoisotopic (exact) mass is 340 g/mol. The SMILES string of the molecule is O=C(O)c1cccc2cc3ccccc3cc12.c1ccc2[nH]cnc2c1. The van der Waals surface area contributed by atoms with Crippen molar-refractivity contribution in [2.45, 2.75) is 0 Å². The van der Waals surface area contributed by atoms with E-state index in [1.807, 2.05) is 66.7 Å². The molecule has 1 heterocycles. The summed E-state index contributed by atoms with van der Waals surface area (Å²) >= 11 is 0. The van der Waals surface area contributed by atoms with Gasteiger partial charge in [0.25, 0.3) is 0 Å². The Bertz CT molecular complexity index is 1190. The summed E-state index contributed by atoms with van der Waals surface area (Å²) in [6.45, 7) is 0. The zero-order chi connectivity index (χ0) is 17.9. The molecule has 4 heteroatoms. The molecule has 4 aromatic carbocycles. The predicted molar refractivity (Wildman–Crippen MR) is 105 cm³/mol. The van der Waals surface area contributed by atoms with Crippen molar-refractivity contribution in [3.05, 3.63) is 90.8 Å². The number of hydrogen-bond acceptors (Lipinski definition) is 2. The smallest absolute Gasteiger partial charge is 0.336 e. The number of aromatic nitrogens is 2. The number of rotatable bonds is 1. The van der Waals surface area contributed by atoms with Crippen molar-refractivity contribution in [2.24, 2.45) is 0 Å². The fourth-order valence-corrected chi connectivity index (χ4v) is 3.03. The van der Waals surface area contributed by atoms with Gasteiger partial charge in [0.2, 0.25) is 0 Å². The lowest BCUT2D eigenvalue weighted by atomic mass is 10.00. The minimum Gasteiger partial charge on any atom is -0.478 e. The summed E-state index contributed by atoms with van der Waals surface area (Å²) in [4.78, 5) is 18.2. The van der Waals surface area contributed by atoms with Gasteiger partial charge in [0, 0.05) is 0 Å². The average Bonchev–Trinajstić information content (AvgIpc) is 3.15. The van der Waals surface area contributed by atoms with Crippen LogP contribution in [0.4, 0.5) is 0 Å². The highest BCUT2D eigenvalue weighted by molar-refractivity contribution is 6.08. The lowest BCUT2D eigenvalue weighted by Gasteiger charge is -2.05. The van der Waals surface area contributed by atoms with Gasteiger partial charge in [0.15, 0.2) is 0 Å². The molecule has 0 aliphatic rings. The second-order valence-electron chi connectivity index (χ2n) is 5.95. The average molecular weight is 340 g/mol. The first-order chi connectivity index (χ1) is 12.7. The fourth-order valence-electron chi connectivity index (χ4n) is 3.03. The van der Waals surface area contributed by atoms with E-state index in [2.05, 4.69) is 9.97 Å². The number of benzene rings is 4. The zero-order valence-electron chi connectivity index (χ0n) is 13.9. The Kier molecular flexibility index (Phi) is 4.07. The van der Waals surface area contributed by atoms with Gasteiger partial charge in [-0.25, -0.2) is 9.78 Å². The summed E-state index contributed by atoms with van der Waals surface area (Å²) in [5.74, 6) is -0.883. The number of nitrogens with one attached hydrogen (secondary N) is 1. The van der Waals surface area contributed by atoms with Crippen molar-refractivity contribution in [3.63, 3.8) is 0 Å². The first kappa shape index (κ1) is 15.8. The van der Waals surface area contributed by atoms with Crippen molar-refractivity contribution in [1.82, 2.24) is 9.97 Å². The molecule has 2 N–H and O–H groups in total. The van der Waals surface area contributed by atoms with Gasteiger partial charge in [-0.05, 0) is 51.9 Å². The van der Waals surface area contributed by atoms with Gasteiger partial charge >= 0.3 is 5.97 Å². The molecule has 0 atom stereocenters. The van der Waals surface area contributed by atoms with E-state index in [-0.39, 0.29) is 0 Å². The third-order valence-electron chi connectivity index (χ3n) is 4.30. The van der Waals surface area contributed by atoms with Crippen LogP contribution in [0.15, 0.2) is 85.2 Å². The molecule has 5 aromatic rings. The van der Waals surface area contributed by atoms with E-state index < -0.39 is 5.97 Å². The largest absolute Gasteiger partial charge is 0.478 e. The summed E-state index contributed by atoms with van der Waals surface area (Å²) < 4.78 is 0. The number of aromatic carboxylic acids is 1. The quantitative estimate of drug-likeness (QED) is 0.409. The van der Waals surface area contributed by atoms with E-state index in [1.54, 1.807) is 18.5 Å². The highest BCUT2D eigenvalue weighted by atomic mass is 16.4. The van der Waals surface area contributed by atoms with Gasteiger partial charge in [0.05, 0.1) is 22.9 Å². The van der Waals surface area contributed by atoms with E-state index in [4.69, 9.17) is 5.11 Å². The molecular formula is C22H16N2O2. The molecule has 0 spiro atoms. The molecule has 0 fully saturated rings. The van der Waals surface area contributed by atoms with Crippen molar-refractivity contribution in [3.8, 4) is 0 Å². The molecule has 4 nitrogen and oxygen atoms in total. The lowest BCUT2D eigenvalue weighted by molar-refractivity contribution is 0.0699. The number of aromatic amines is 1. The Balaban J connectivity index is 0.000000157. The second kappa shape index (κ2) is 6.69. The Morgan fingerprint density at radius 2 is 1.50 bits per heavy atom. The summed E-state index contributed by atoms with van der Waals surface area (Å²) in [5.41, 5.74) is 2.48. The molecule has 0 bridgehead atoms. The Hall–Kier alpha value is -3.66. The number of nitrogens with zero attached hydrogens (tertiary/aromatic N) is 1. The maximum atomic E-state index is 11.2. The summed E-state index contributed by atoms with van der Waals surface area (Å²) in [5, 5.41) is 13.1. The minimum atomic E-state index is -0.883. The van der Waals surface area contributed by atoms with E-state index in [0.717, 1.165) is 32.6 Å². The number of imidazole rings is 1. The van der Waals surface area contributed by atoms with E-state index in [1.165, 1.54) is 0 Å². The third-order valence-corrected chi connectivity index (χ3v) is 4.30. The molecule has 0 saturated heterocycles. The number of carboxylic acid groups (broad SMARTS) is 1. The van der Waals surface area contributed by atoms with Crippen LogP contribution in [0.2, 0.25) is 0 Å². The molecule has 0 saturated carbocycles. The van der Waals surface area contributed by atoms with Gasteiger partial charge in [-0.3, -0.25) is 0 Å². The standard InChI is InChI=1S/C15H10O2.C7H6N2/c16-15(17)13-7-3-6-12-8-10-4-1-2-5-11(10)9-14(12)13;1-2-4-7-6(3-1)8-5-9-7/h1-9H,(H,16,17);1-5H,(H,8,9). The molecule has 0 amide bonds. The van der Waals surface area contributed by atoms with Crippen LogP contribution in [-0.2, 0) is 0 Å². The number of hydrogen-bond donors (Lipinski definition) is 2. The van der Waals surface area contributed by atoms with Gasteiger partial charge in [-0.15, -0.1) is 0 Å². The molecule has 0 radical (unpaired) electrons. The van der Waals surface area contributed by atoms with Gasteiger partial charge < -0.3 is 10.1 Å². The van der Waals surface area contributed by atoms with Crippen LogP contribution in [0.5, 0.6) is 0 Å². The van der Waals surface area contributed by atoms with Crippen LogP contribution in [0, 0.1) is 0 Å². The molecule has 0 aliphatic carbocycles. The molecule has 26 heavy (non-hydrogen) atoms. The normalized spacial score (nSPS) is 10.6. The molecule has 1 aromatic heterocycles. The number of H-pyrrole nitrogens is 1. The summed E-state index contributed by atoms with van der Waals surface area (Å²) in [6.07, 6.45) is 1.70. The first-order valence-electron chi connectivity index (χ1n) is 8.25. The highest BCUT2D eigenvalue weighted by Gasteiger charge is 2.08. The minimum absolute atomic E-state index is 0.355. The van der Waals surface area contributed by atoms with Crippen molar-refractivity contribution >= 4 is 38.5 Å². The molecular weight excluding hydrogens is 324 g/mol. The lowest BCUT2D eigenvalue weighted by Crippen LogP contribution is -1.96. The van der Waals surface area contributed by atoms with Gasteiger partial charge in [-0.2, -0.15) is 0 Å². The van der Waals surface area contributed by atoms with Crippen LogP contribution >= 0.6 is 0 Å². The van der Waals surface area contributed by atoms with Crippen LogP contribution in [0.1, 0.15) is 10.4 Å². The number of carbonyl (C=O) groups is 1. The Morgan fingerprint density at radius 3 is 2.27 bits per heavy atom. The maximum absolute atomic E-state index is 11.2. The molecule has 5 rings (SSSR count).